The topological polar surface area (TPSA) is 69.7 Å². The predicted molar refractivity (Wildman–Crippen MR) is 67.4 cm³/mol. The Kier molecular flexibility index (Phi) is 4.67. The van der Waals surface area contributed by atoms with Crippen molar-refractivity contribution in [2.45, 2.75) is 19.4 Å². The second-order valence-corrected chi connectivity index (χ2v) is 5.56. The number of carbonyl (C=O) groups is 1. The SMILES string of the molecule is C=CC(=O)Oc1c(C)cc(C)cc1OS(=O)(=O)C(F)(F)F. The second-order valence-electron chi connectivity index (χ2n) is 4.02. The van der Waals surface area contributed by atoms with Crippen LogP contribution in [0.1, 0.15) is 11.1 Å². The Balaban J connectivity index is 3.35. The number of hydrogen-bond donors (Lipinski definition) is 0. The van der Waals surface area contributed by atoms with Crippen LogP contribution in [-0.2, 0) is 14.9 Å². The molecular formula is C12H11F3O5S. The summed E-state index contributed by atoms with van der Waals surface area (Å²) in [5, 5.41) is 0. The molecule has 1 aromatic rings. The number of halogens is 3. The molecule has 21 heavy (non-hydrogen) atoms. The van der Waals surface area contributed by atoms with Crippen LogP contribution in [0.3, 0.4) is 0 Å². The van der Waals surface area contributed by atoms with Crippen molar-refractivity contribution >= 4 is 16.1 Å². The summed E-state index contributed by atoms with van der Waals surface area (Å²) in [5.41, 5.74) is -4.93. The normalized spacial score (nSPS) is 11.9. The molecule has 0 heterocycles. The number of alkyl halides is 3. The highest BCUT2D eigenvalue weighted by Crippen LogP contribution is 2.36. The first-order valence-electron chi connectivity index (χ1n) is 5.44. The Hall–Kier alpha value is -2.03. The molecule has 0 aliphatic carbocycles. The first kappa shape index (κ1) is 17.0. The number of aryl methyl sites for hydroxylation is 2. The molecule has 0 saturated carbocycles. The molecule has 0 aliphatic rings. The van der Waals surface area contributed by atoms with Crippen molar-refractivity contribution in [1.29, 1.82) is 0 Å². The predicted octanol–water partition coefficient (Wildman–Crippen LogP) is 2.62. The molecule has 1 aromatic carbocycles. The molecule has 0 aromatic heterocycles. The van der Waals surface area contributed by atoms with Gasteiger partial charge in [-0.1, -0.05) is 12.6 Å². The summed E-state index contributed by atoms with van der Waals surface area (Å²) < 4.78 is 67.9. The van der Waals surface area contributed by atoms with E-state index in [0.717, 1.165) is 12.1 Å². The molecule has 1 rings (SSSR count). The summed E-state index contributed by atoms with van der Waals surface area (Å²) in [6.45, 7) is 6.07. The first-order chi connectivity index (χ1) is 9.48. The minimum atomic E-state index is -5.87. The number of carbonyl (C=O) groups excluding carboxylic acids is 1. The maximum absolute atomic E-state index is 12.3. The lowest BCUT2D eigenvalue weighted by molar-refractivity contribution is -0.129. The Morgan fingerprint density at radius 2 is 1.86 bits per heavy atom. The van der Waals surface area contributed by atoms with Gasteiger partial charge in [0, 0.05) is 6.08 Å². The average molecular weight is 324 g/mol. The Labute approximate surface area is 119 Å². The van der Waals surface area contributed by atoms with E-state index in [0.29, 0.717) is 5.56 Å². The Bertz CT molecular complexity index is 677. The number of benzene rings is 1. The lowest BCUT2D eigenvalue weighted by atomic mass is 10.1. The molecule has 0 spiro atoms. The van der Waals surface area contributed by atoms with E-state index in [1.807, 2.05) is 0 Å². The van der Waals surface area contributed by atoms with Crippen molar-refractivity contribution in [3.8, 4) is 11.5 Å². The Morgan fingerprint density at radius 1 is 1.29 bits per heavy atom. The molecule has 0 N–H and O–H groups in total. The fourth-order valence-corrected chi connectivity index (χ4v) is 1.87. The van der Waals surface area contributed by atoms with Gasteiger partial charge in [-0.25, -0.2) is 4.79 Å². The molecule has 9 heteroatoms. The van der Waals surface area contributed by atoms with Crippen molar-refractivity contribution < 1.29 is 35.3 Å². The van der Waals surface area contributed by atoms with Gasteiger partial charge in [0.2, 0.25) is 0 Å². The maximum atomic E-state index is 12.3. The third-order valence-electron chi connectivity index (χ3n) is 2.24. The van der Waals surface area contributed by atoms with Crippen molar-refractivity contribution in [2.24, 2.45) is 0 Å². The van der Waals surface area contributed by atoms with Gasteiger partial charge in [-0.15, -0.1) is 0 Å². The van der Waals surface area contributed by atoms with E-state index in [4.69, 9.17) is 4.74 Å². The summed E-state index contributed by atoms with van der Waals surface area (Å²) in [5.74, 6) is -2.10. The van der Waals surface area contributed by atoms with Crippen LogP contribution in [0.5, 0.6) is 11.5 Å². The van der Waals surface area contributed by atoms with Crippen LogP contribution in [0.2, 0.25) is 0 Å². The van der Waals surface area contributed by atoms with Gasteiger partial charge in [0.15, 0.2) is 11.5 Å². The summed E-state index contributed by atoms with van der Waals surface area (Å²) in [4.78, 5) is 11.2. The molecule has 0 bridgehead atoms. The summed E-state index contributed by atoms with van der Waals surface area (Å²) >= 11 is 0. The highest BCUT2D eigenvalue weighted by Gasteiger charge is 2.49. The Morgan fingerprint density at radius 3 is 2.33 bits per heavy atom. The first-order valence-corrected chi connectivity index (χ1v) is 6.85. The zero-order chi connectivity index (χ0) is 16.4. The van der Waals surface area contributed by atoms with Crippen LogP contribution >= 0.6 is 0 Å². The summed E-state index contributed by atoms with van der Waals surface area (Å²) in [6, 6.07) is 2.50. The van der Waals surface area contributed by atoms with Crippen molar-refractivity contribution in [1.82, 2.24) is 0 Å². The largest absolute Gasteiger partial charge is 0.534 e. The fraction of sp³-hybridized carbons (Fsp3) is 0.250. The monoisotopic (exact) mass is 324 g/mol. The van der Waals surface area contributed by atoms with Gasteiger partial charge in [-0.3, -0.25) is 0 Å². The van der Waals surface area contributed by atoms with E-state index < -0.39 is 33.1 Å². The fourth-order valence-electron chi connectivity index (χ4n) is 1.42. The number of esters is 1. The van der Waals surface area contributed by atoms with Crippen LogP contribution in [0.25, 0.3) is 0 Å². The quantitative estimate of drug-likeness (QED) is 0.280. The standard InChI is InChI=1S/C12H11F3O5S/c1-4-10(16)19-11-8(3)5-7(2)6-9(11)20-21(17,18)12(13,14)15/h4-6H,1H2,2-3H3. The third kappa shape index (κ3) is 3.97. The number of ether oxygens (including phenoxy) is 1. The van der Waals surface area contributed by atoms with Crippen molar-refractivity contribution in [3.63, 3.8) is 0 Å². The minimum Gasteiger partial charge on any atom is -0.419 e. The van der Waals surface area contributed by atoms with Gasteiger partial charge >= 0.3 is 21.6 Å². The number of rotatable bonds is 4. The molecule has 116 valence electrons. The van der Waals surface area contributed by atoms with Crippen LogP contribution < -0.4 is 8.92 Å². The molecule has 0 radical (unpaired) electrons. The second kappa shape index (κ2) is 5.76. The van der Waals surface area contributed by atoms with Gasteiger partial charge in [0.25, 0.3) is 0 Å². The highest BCUT2D eigenvalue weighted by atomic mass is 32.2. The van der Waals surface area contributed by atoms with Gasteiger partial charge < -0.3 is 8.92 Å². The zero-order valence-corrected chi connectivity index (χ0v) is 11.8. The zero-order valence-electron chi connectivity index (χ0n) is 11.0. The summed E-state index contributed by atoms with van der Waals surface area (Å²) in [7, 11) is -5.87. The summed E-state index contributed by atoms with van der Waals surface area (Å²) in [6.07, 6.45) is 0.779. The van der Waals surface area contributed by atoms with Crippen LogP contribution in [0, 0.1) is 13.8 Å². The lowest BCUT2D eigenvalue weighted by Gasteiger charge is -2.15. The van der Waals surface area contributed by atoms with E-state index >= 15 is 0 Å². The van der Waals surface area contributed by atoms with E-state index in [-0.39, 0.29) is 5.56 Å². The van der Waals surface area contributed by atoms with Crippen molar-refractivity contribution in [3.05, 3.63) is 35.9 Å². The maximum Gasteiger partial charge on any atom is 0.534 e. The van der Waals surface area contributed by atoms with Crippen LogP contribution in [0.4, 0.5) is 13.2 Å². The van der Waals surface area contributed by atoms with E-state index in [2.05, 4.69) is 10.8 Å². The van der Waals surface area contributed by atoms with Crippen LogP contribution in [0.15, 0.2) is 24.8 Å². The van der Waals surface area contributed by atoms with Crippen LogP contribution in [-0.4, -0.2) is 19.9 Å². The van der Waals surface area contributed by atoms with Gasteiger partial charge in [-0.05, 0) is 31.0 Å². The third-order valence-corrected chi connectivity index (χ3v) is 3.20. The minimum absolute atomic E-state index is 0.234. The van der Waals surface area contributed by atoms with Gasteiger partial charge in [0.05, 0.1) is 0 Å². The van der Waals surface area contributed by atoms with E-state index in [1.54, 1.807) is 0 Å². The molecule has 0 atom stereocenters. The van der Waals surface area contributed by atoms with E-state index in [9.17, 15) is 26.4 Å². The number of hydrogen-bond acceptors (Lipinski definition) is 5. The molecule has 0 saturated heterocycles. The van der Waals surface area contributed by atoms with Gasteiger partial charge in [0.1, 0.15) is 0 Å². The molecule has 0 aliphatic heterocycles. The van der Waals surface area contributed by atoms with E-state index in [1.165, 1.54) is 19.9 Å². The average Bonchev–Trinajstić information content (AvgIpc) is 2.31. The molecule has 5 nitrogen and oxygen atoms in total. The molecule has 0 unspecified atom stereocenters. The molecule has 0 fully saturated rings. The smallest absolute Gasteiger partial charge is 0.419 e. The van der Waals surface area contributed by atoms with Crippen molar-refractivity contribution in [2.75, 3.05) is 0 Å². The van der Waals surface area contributed by atoms with Gasteiger partial charge in [-0.2, -0.15) is 21.6 Å². The molecular weight excluding hydrogens is 313 g/mol. The lowest BCUT2D eigenvalue weighted by Crippen LogP contribution is -2.28. The highest BCUT2D eigenvalue weighted by molar-refractivity contribution is 7.88. The molecule has 0 amide bonds.